The smallest absolute Gasteiger partial charge is 0.270 e. The molecule has 0 N–H and O–H groups in total. The first-order valence-electron chi connectivity index (χ1n) is 7.99. The fourth-order valence-corrected chi connectivity index (χ4v) is 3.07. The molecule has 1 aliphatic heterocycles. The monoisotopic (exact) mass is 329 g/mol. The van der Waals surface area contributed by atoms with Crippen LogP contribution in [0.4, 0.5) is 5.69 Å². The lowest BCUT2D eigenvalue weighted by Gasteiger charge is -2.10. The SMILES string of the molecule is O=[N+]([O-])c1cccc(C=C2c3ccccc3COc3ccccc32)c1. The van der Waals surface area contributed by atoms with Crippen molar-refractivity contribution in [3.05, 3.63) is 105 Å². The highest BCUT2D eigenvalue weighted by molar-refractivity contribution is 5.94. The lowest BCUT2D eigenvalue weighted by molar-refractivity contribution is -0.384. The summed E-state index contributed by atoms with van der Waals surface area (Å²) < 4.78 is 5.96. The van der Waals surface area contributed by atoms with Crippen molar-refractivity contribution in [1.82, 2.24) is 0 Å². The molecule has 1 aliphatic rings. The maximum Gasteiger partial charge on any atom is 0.270 e. The first kappa shape index (κ1) is 15.1. The average Bonchev–Trinajstić information content (AvgIpc) is 2.80. The highest BCUT2D eigenvalue weighted by atomic mass is 16.6. The van der Waals surface area contributed by atoms with E-state index in [-0.39, 0.29) is 10.6 Å². The summed E-state index contributed by atoms with van der Waals surface area (Å²) >= 11 is 0. The van der Waals surface area contributed by atoms with Gasteiger partial charge in [0.15, 0.2) is 0 Å². The van der Waals surface area contributed by atoms with Gasteiger partial charge in [-0.15, -0.1) is 0 Å². The van der Waals surface area contributed by atoms with Crippen molar-refractivity contribution in [1.29, 1.82) is 0 Å². The Morgan fingerprint density at radius 1 is 0.920 bits per heavy atom. The van der Waals surface area contributed by atoms with Crippen LogP contribution in [0.3, 0.4) is 0 Å². The summed E-state index contributed by atoms with van der Waals surface area (Å²) in [6.45, 7) is 0.499. The summed E-state index contributed by atoms with van der Waals surface area (Å²) in [5.74, 6) is 0.815. The third kappa shape index (κ3) is 2.90. The number of fused-ring (bicyclic) bond motifs is 2. The summed E-state index contributed by atoms with van der Waals surface area (Å²) in [4.78, 5) is 10.7. The molecule has 0 bridgehead atoms. The molecule has 0 fully saturated rings. The summed E-state index contributed by atoms with van der Waals surface area (Å²) in [7, 11) is 0. The van der Waals surface area contributed by atoms with Crippen molar-refractivity contribution in [2.45, 2.75) is 6.61 Å². The average molecular weight is 329 g/mol. The van der Waals surface area contributed by atoms with Gasteiger partial charge in [0.2, 0.25) is 0 Å². The van der Waals surface area contributed by atoms with E-state index in [2.05, 4.69) is 6.07 Å². The second kappa shape index (κ2) is 6.24. The molecule has 1 heterocycles. The number of benzene rings is 3. The molecule has 3 aromatic carbocycles. The maximum atomic E-state index is 11.1. The van der Waals surface area contributed by atoms with Gasteiger partial charge in [-0.25, -0.2) is 0 Å². The number of nitro benzene ring substituents is 1. The third-order valence-corrected chi connectivity index (χ3v) is 4.26. The van der Waals surface area contributed by atoms with Crippen LogP contribution in [0.2, 0.25) is 0 Å². The van der Waals surface area contributed by atoms with Crippen LogP contribution in [0.1, 0.15) is 22.3 Å². The van der Waals surface area contributed by atoms with Crippen LogP contribution >= 0.6 is 0 Å². The van der Waals surface area contributed by atoms with E-state index in [0.29, 0.717) is 6.61 Å². The minimum Gasteiger partial charge on any atom is -0.488 e. The van der Waals surface area contributed by atoms with E-state index in [1.807, 2.05) is 54.6 Å². The normalized spacial score (nSPS) is 14.2. The van der Waals surface area contributed by atoms with Crippen molar-refractivity contribution < 1.29 is 9.66 Å². The van der Waals surface area contributed by atoms with E-state index in [0.717, 1.165) is 33.6 Å². The maximum absolute atomic E-state index is 11.1. The van der Waals surface area contributed by atoms with Crippen LogP contribution < -0.4 is 4.74 Å². The summed E-state index contributed by atoms with van der Waals surface area (Å²) in [5, 5.41) is 11.1. The minimum atomic E-state index is -0.375. The molecule has 0 atom stereocenters. The Labute approximate surface area is 145 Å². The van der Waals surface area contributed by atoms with E-state index < -0.39 is 0 Å². The second-order valence-electron chi connectivity index (χ2n) is 5.85. The molecular weight excluding hydrogens is 314 g/mol. The van der Waals surface area contributed by atoms with Gasteiger partial charge < -0.3 is 4.74 Å². The molecule has 4 nitrogen and oxygen atoms in total. The largest absolute Gasteiger partial charge is 0.488 e. The van der Waals surface area contributed by atoms with E-state index in [1.54, 1.807) is 12.1 Å². The lowest BCUT2D eigenvalue weighted by atomic mass is 9.92. The Morgan fingerprint density at radius 3 is 2.52 bits per heavy atom. The molecule has 0 unspecified atom stereocenters. The summed E-state index contributed by atoms with van der Waals surface area (Å²) in [6.07, 6.45) is 1.99. The van der Waals surface area contributed by atoms with Gasteiger partial charge in [0.05, 0.1) is 4.92 Å². The van der Waals surface area contributed by atoms with Gasteiger partial charge in [0, 0.05) is 17.7 Å². The number of nitrogens with zero attached hydrogens (tertiary/aromatic N) is 1. The number of para-hydroxylation sites is 1. The third-order valence-electron chi connectivity index (χ3n) is 4.26. The van der Waals surface area contributed by atoms with Crippen LogP contribution in [-0.4, -0.2) is 4.92 Å². The van der Waals surface area contributed by atoms with Gasteiger partial charge in [0.1, 0.15) is 12.4 Å². The summed E-state index contributed by atoms with van der Waals surface area (Å²) in [5.41, 5.74) is 5.04. The van der Waals surface area contributed by atoms with E-state index in [9.17, 15) is 10.1 Å². The topological polar surface area (TPSA) is 52.4 Å². The van der Waals surface area contributed by atoms with Crippen molar-refractivity contribution in [2.75, 3.05) is 0 Å². The molecule has 0 aliphatic carbocycles. The molecule has 0 aromatic heterocycles. The second-order valence-corrected chi connectivity index (χ2v) is 5.85. The Kier molecular flexibility index (Phi) is 3.78. The Balaban J connectivity index is 1.94. The van der Waals surface area contributed by atoms with Gasteiger partial charge in [-0.05, 0) is 34.4 Å². The standard InChI is InChI=1S/C21H15NO3/c23-22(24)17-8-5-6-15(12-17)13-20-18-9-2-1-7-16(18)14-25-21-11-4-3-10-19(20)21/h1-13H,14H2. The van der Waals surface area contributed by atoms with Crippen LogP contribution in [0.15, 0.2) is 72.8 Å². The Morgan fingerprint density at radius 2 is 1.68 bits per heavy atom. The van der Waals surface area contributed by atoms with Gasteiger partial charge in [-0.2, -0.15) is 0 Å². The molecule has 3 aromatic rings. The quantitative estimate of drug-likeness (QED) is 0.487. The molecule has 0 amide bonds. The zero-order chi connectivity index (χ0) is 17.2. The van der Waals surface area contributed by atoms with E-state index >= 15 is 0 Å². The zero-order valence-electron chi connectivity index (χ0n) is 13.4. The molecule has 4 heteroatoms. The molecule has 4 rings (SSSR count). The number of rotatable bonds is 2. The van der Waals surface area contributed by atoms with Crippen LogP contribution in [-0.2, 0) is 6.61 Å². The first-order chi connectivity index (χ1) is 12.2. The number of ether oxygens (including phenoxy) is 1. The zero-order valence-corrected chi connectivity index (χ0v) is 13.4. The molecule has 0 saturated heterocycles. The van der Waals surface area contributed by atoms with Gasteiger partial charge >= 0.3 is 0 Å². The van der Waals surface area contributed by atoms with Crippen molar-refractivity contribution in [3.63, 3.8) is 0 Å². The fraction of sp³-hybridized carbons (Fsp3) is 0.0476. The Bertz CT molecular complexity index is 942. The van der Waals surface area contributed by atoms with Crippen molar-refractivity contribution in [3.8, 4) is 5.75 Å². The number of non-ortho nitro benzene ring substituents is 1. The number of hydrogen-bond acceptors (Lipinski definition) is 3. The molecule has 0 saturated carbocycles. The molecule has 122 valence electrons. The predicted molar refractivity (Wildman–Crippen MR) is 97.3 cm³/mol. The number of nitro groups is 1. The highest BCUT2D eigenvalue weighted by Crippen LogP contribution is 2.37. The van der Waals surface area contributed by atoms with Crippen molar-refractivity contribution in [2.24, 2.45) is 0 Å². The molecule has 25 heavy (non-hydrogen) atoms. The van der Waals surface area contributed by atoms with E-state index in [4.69, 9.17) is 4.74 Å². The van der Waals surface area contributed by atoms with Crippen LogP contribution in [0, 0.1) is 10.1 Å². The van der Waals surface area contributed by atoms with Gasteiger partial charge in [-0.3, -0.25) is 10.1 Å². The highest BCUT2D eigenvalue weighted by Gasteiger charge is 2.18. The lowest BCUT2D eigenvalue weighted by Crippen LogP contribution is -1.94. The number of hydrogen-bond donors (Lipinski definition) is 0. The van der Waals surface area contributed by atoms with Gasteiger partial charge in [-0.1, -0.05) is 54.6 Å². The minimum absolute atomic E-state index is 0.0841. The Hall–Kier alpha value is -3.40. The van der Waals surface area contributed by atoms with Crippen molar-refractivity contribution >= 4 is 17.3 Å². The summed E-state index contributed by atoms with van der Waals surface area (Å²) in [6, 6.07) is 22.6. The molecule has 0 radical (unpaired) electrons. The first-order valence-corrected chi connectivity index (χ1v) is 7.99. The fourth-order valence-electron chi connectivity index (χ4n) is 3.07. The van der Waals surface area contributed by atoms with Gasteiger partial charge in [0.25, 0.3) is 5.69 Å². The van der Waals surface area contributed by atoms with E-state index in [1.165, 1.54) is 6.07 Å². The van der Waals surface area contributed by atoms with Crippen LogP contribution in [0.5, 0.6) is 5.75 Å². The molecule has 0 spiro atoms. The molecular formula is C21H15NO3. The van der Waals surface area contributed by atoms with Crippen LogP contribution in [0.25, 0.3) is 11.6 Å². The predicted octanol–water partition coefficient (Wildman–Crippen LogP) is 5.08.